The van der Waals surface area contributed by atoms with Crippen LogP contribution in [-0.4, -0.2) is 16.9 Å². The van der Waals surface area contributed by atoms with E-state index < -0.39 is 6.04 Å². The molecule has 4 heteroatoms. The Labute approximate surface area is 83.5 Å². The van der Waals surface area contributed by atoms with Crippen molar-refractivity contribution in [2.45, 2.75) is 26.3 Å². The van der Waals surface area contributed by atoms with Gasteiger partial charge in [-0.25, -0.2) is 0 Å². The highest BCUT2D eigenvalue weighted by Gasteiger charge is 2.11. The fraction of sp³-hybridized carbons (Fsp3) is 0.400. The van der Waals surface area contributed by atoms with Gasteiger partial charge in [0.15, 0.2) is 0 Å². The number of pyridine rings is 1. The number of carbonyl (C=O) groups excluding carboxylic acids is 1. The van der Waals surface area contributed by atoms with Crippen LogP contribution >= 0.6 is 0 Å². The van der Waals surface area contributed by atoms with Crippen LogP contribution in [0.5, 0.6) is 0 Å². The maximum atomic E-state index is 11.4. The molecule has 4 nitrogen and oxygen atoms in total. The second kappa shape index (κ2) is 4.72. The Bertz CT molecular complexity index is 325. The van der Waals surface area contributed by atoms with Crippen molar-refractivity contribution in [2.24, 2.45) is 5.73 Å². The number of carbonyl (C=O) groups is 1. The summed E-state index contributed by atoms with van der Waals surface area (Å²) in [5.41, 5.74) is 7.29. The topological polar surface area (TPSA) is 68.0 Å². The average Bonchev–Trinajstić information content (AvgIpc) is 2.20. The standard InChI is InChI=1S/C10H15N3O/c1-3-8(11)10(14)13-9-4-5-12-6-7(9)2/h4-6,8H,3,11H2,1-2H3,(H,12,13,14)/t8-/m1/s1. The molecule has 14 heavy (non-hydrogen) atoms. The lowest BCUT2D eigenvalue weighted by Gasteiger charge is -2.11. The number of aromatic nitrogens is 1. The second-order valence-electron chi connectivity index (χ2n) is 3.19. The molecular weight excluding hydrogens is 178 g/mol. The minimum Gasteiger partial charge on any atom is -0.324 e. The number of aryl methyl sites for hydroxylation is 1. The summed E-state index contributed by atoms with van der Waals surface area (Å²) in [7, 11) is 0. The Morgan fingerprint density at radius 2 is 2.43 bits per heavy atom. The highest BCUT2D eigenvalue weighted by molar-refractivity contribution is 5.95. The molecule has 0 saturated heterocycles. The van der Waals surface area contributed by atoms with Crippen molar-refractivity contribution in [3.8, 4) is 0 Å². The van der Waals surface area contributed by atoms with Gasteiger partial charge in [-0.2, -0.15) is 0 Å². The summed E-state index contributed by atoms with van der Waals surface area (Å²) in [5, 5.41) is 2.76. The third kappa shape index (κ3) is 2.53. The number of hydrogen-bond donors (Lipinski definition) is 2. The molecule has 1 aromatic rings. The van der Waals surface area contributed by atoms with E-state index in [0.29, 0.717) is 6.42 Å². The molecule has 0 aliphatic rings. The molecule has 0 aliphatic carbocycles. The predicted molar refractivity (Wildman–Crippen MR) is 55.9 cm³/mol. The first kappa shape index (κ1) is 10.7. The zero-order chi connectivity index (χ0) is 10.6. The van der Waals surface area contributed by atoms with Crippen LogP contribution in [0.2, 0.25) is 0 Å². The number of hydrogen-bond acceptors (Lipinski definition) is 3. The molecule has 0 radical (unpaired) electrons. The van der Waals surface area contributed by atoms with Crippen molar-refractivity contribution in [3.05, 3.63) is 24.0 Å². The third-order valence-electron chi connectivity index (χ3n) is 2.05. The number of anilines is 1. The van der Waals surface area contributed by atoms with Gasteiger partial charge in [0.05, 0.1) is 6.04 Å². The van der Waals surface area contributed by atoms with E-state index in [4.69, 9.17) is 5.73 Å². The molecular formula is C10H15N3O. The van der Waals surface area contributed by atoms with Gasteiger partial charge in [-0.1, -0.05) is 6.92 Å². The summed E-state index contributed by atoms with van der Waals surface area (Å²) in [6.45, 7) is 3.77. The summed E-state index contributed by atoms with van der Waals surface area (Å²) < 4.78 is 0. The molecule has 0 fully saturated rings. The highest BCUT2D eigenvalue weighted by atomic mass is 16.2. The minimum atomic E-state index is -0.442. The molecule has 0 aliphatic heterocycles. The van der Waals surface area contributed by atoms with Crippen LogP contribution < -0.4 is 11.1 Å². The molecule has 0 spiro atoms. The Balaban J connectivity index is 2.70. The van der Waals surface area contributed by atoms with Gasteiger partial charge in [0.25, 0.3) is 0 Å². The van der Waals surface area contributed by atoms with Gasteiger partial charge in [0.1, 0.15) is 0 Å². The van der Waals surface area contributed by atoms with Crippen LogP contribution in [0.25, 0.3) is 0 Å². The maximum Gasteiger partial charge on any atom is 0.241 e. The monoisotopic (exact) mass is 193 g/mol. The normalized spacial score (nSPS) is 12.2. The fourth-order valence-corrected chi connectivity index (χ4v) is 1.02. The molecule has 0 saturated carbocycles. The van der Waals surface area contributed by atoms with Crippen LogP contribution in [0.4, 0.5) is 5.69 Å². The molecule has 3 N–H and O–H groups in total. The summed E-state index contributed by atoms with van der Waals surface area (Å²) in [6, 6.07) is 1.32. The Morgan fingerprint density at radius 3 is 3.00 bits per heavy atom. The van der Waals surface area contributed by atoms with E-state index in [1.54, 1.807) is 18.5 Å². The second-order valence-corrected chi connectivity index (χ2v) is 3.19. The first-order chi connectivity index (χ1) is 6.65. The Hall–Kier alpha value is -1.42. The third-order valence-corrected chi connectivity index (χ3v) is 2.05. The van der Waals surface area contributed by atoms with Crippen LogP contribution in [0.15, 0.2) is 18.5 Å². The van der Waals surface area contributed by atoms with Gasteiger partial charge < -0.3 is 11.1 Å². The summed E-state index contributed by atoms with van der Waals surface area (Å²) in [4.78, 5) is 15.4. The minimum absolute atomic E-state index is 0.151. The van der Waals surface area contributed by atoms with Crippen molar-refractivity contribution in [1.29, 1.82) is 0 Å². The number of rotatable bonds is 3. The van der Waals surface area contributed by atoms with Crippen LogP contribution in [0.3, 0.4) is 0 Å². The molecule has 76 valence electrons. The molecule has 0 aromatic carbocycles. The van der Waals surface area contributed by atoms with E-state index in [-0.39, 0.29) is 5.91 Å². The van der Waals surface area contributed by atoms with Gasteiger partial charge in [-0.05, 0) is 25.0 Å². The Morgan fingerprint density at radius 1 is 1.71 bits per heavy atom. The molecule has 1 atom stereocenters. The summed E-state index contributed by atoms with van der Waals surface area (Å²) >= 11 is 0. The largest absolute Gasteiger partial charge is 0.324 e. The lowest BCUT2D eigenvalue weighted by molar-refractivity contribution is -0.117. The van der Waals surface area contributed by atoms with Crippen molar-refractivity contribution in [1.82, 2.24) is 4.98 Å². The zero-order valence-corrected chi connectivity index (χ0v) is 8.45. The van der Waals surface area contributed by atoms with Gasteiger partial charge in [-0.15, -0.1) is 0 Å². The van der Waals surface area contributed by atoms with Gasteiger partial charge >= 0.3 is 0 Å². The quantitative estimate of drug-likeness (QED) is 0.754. The first-order valence-electron chi connectivity index (χ1n) is 4.62. The number of nitrogens with one attached hydrogen (secondary N) is 1. The summed E-state index contributed by atoms with van der Waals surface area (Å²) in [6.07, 6.45) is 3.98. The molecule has 1 heterocycles. The molecule has 0 unspecified atom stereocenters. The lowest BCUT2D eigenvalue weighted by atomic mass is 10.2. The molecule has 1 rings (SSSR count). The van der Waals surface area contributed by atoms with Crippen LogP contribution in [0, 0.1) is 6.92 Å². The number of amides is 1. The van der Waals surface area contributed by atoms with Gasteiger partial charge in [0.2, 0.25) is 5.91 Å². The number of nitrogens with two attached hydrogens (primary N) is 1. The van der Waals surface area contributed by atoms with Crippen molar-refractivity contribution in [2.75, 3.05) is 5.32 Å². The maximum absolute atomic E-state index is 11.4. The van der Waals surface area contributed by atoms with E-state index in [9.17, 15) is 4.79 Å². The SMILES string of the molecule is CC[C@@H](N)C(=O)Nc1ccncc1C. The smallest absolute Gasteiger partial charge is 0.241 e. The van der Waals surface area contributed by atoms with Crippen molar-refractivity contribution >= 4 is 11.6 Å². The van der Waals surface area contributed by atoms with E-state index in [1.807, 2.05) is 13.8 Å². The molecule has 1 aromatic heterocycles. The zero-order valence-electron chi connectivity index (χ0n) is 8.45. The van der Waals surface area contributed by atoms with Gasteiger partial charge in [0, 0.05) is 18.1 Å². The fourth-order valence-electron chi connectivity index (χ4n) is 1.02. The summed E-state index contributed by atoms with van der Waals surface area (Å²) in [5.74, 6) is -0.151. The van der Waals surface area contributed by atoms with Crippen molar-refractivity contribution < 1.29 is 4.79 Å². The van der Waals surface area contributed by atoms with Crippen molar-refractivity contribution in [3.63, 3.8) is 0 Å². The van der Waals surface area contributed by atoms with E-state index in [2.05, 4.69) is 10.3 Å². The highest BCUT2D eigenvalue weighted by Crippen LogP contribution is 2.11. The molecule has 1 amide bonds. The lowest BCUT2D eigenvalue weighted by Crippen LogP contribution is -2.35. The van der Waals surface area contributed by atoms with E-state index in [1.165, 1.54) is 0 Å². The van der Waals surface area contributed by atoms with E-state index in [0.717, 1.165) is 11.3 Å². The molecule has 0 bridgehead atoms. The van der Waals surface area contributed by atoms with Crippen LogP contribution in [-0.2, 0) is 4.79 Å². The van der Waals surface area contributed by atoms with Crippen LogP contribution in [0.1, 0.15) is 18.9 Å². The first-order valence-corrected chi connectivity index (χ1v) is 4.62. The number of nitrogens with zero attached hydrogens (tertiary/aromatic N) is 1. The Kier molecular flexibility index (Phi) is 3.59. The van der Waals surface area contributed by atoms with Gasteiger partial charge in [-0.3, -0.25) is 9.78 Å². The predicted octanol–water partition coefficient (Wildman–Crippen LogP) is 1.07. The van der Waals surface area contributed by atoms with E-state index >= 15 is 0 Å². The average molecular weight is 193 g/mol.